The van der Waals surface area contributed by atoms with E-state index in [0.29, 0.717) is 17.3 Å². The van der Waals surface area contributed by atoms with Crippen molar-refractivity contribution in [3.05, 3.63) is 64.7 Å². The smallest absolute Gasteiger partial charge is 0.261 e. The third kappa shape index (κ3) is 7.09. The average molecular weight is 417 g/mol. The van der Waals surface area contributed by atoms with Crippen LogP contribution in [0.2, 0.25) is 5.02 Å². The highest BCUT2D eigenvalue weighted by molar-refractivity contribution is 6.30. The van der Waals surface area contributed by atoms with Crippen LogP contribution >= 0.6 is 11.6 Å². The summed E-state index contributed by atoms with van der Waals surface area (Å²) in [5.74, 6) is 0.180. The number of benzene rings is 2. The van der Waals surface area contributed by atoms with E-state index in [1.807, 2.05) is 43.3 Å². The van der Waals surface area contributed by atoms with E-state index < -0.39 is 6.04 Å². The average Bonchev–Trinajstić information content (AvgIpc) is 2.74. The molecule has 0 aliphatic heterocycles. The van der Waals surface area contributed by atoms with Gasteiger partial charge in [0.15, 0.2) is 6.61 Å². The van der Waals surface area contributed by atoms with Gasteiger partial charge in [0.1, 0.15) is 11.8 Å². The van der Waals surface area contributed by atoms with Crippen molar-refractivity contribution in [1.29, 1.82) is 0 Å². The van der Waals surface area contributed by atoms with Crippen LogP contribution in [0.15, 0.2) is 48.5 Å². The van der Waals surface area contributed by atoms with Crippen LogP contribution in [0.3, 0.4) is 0 Å². The van der Waals surface area contributed by atoms with E-state index in [1.165, 1.54) is 10.5 Å². The zero-order valence-electron chi connectivity index (χ0n) is 17.3. The molecule has 156 valence electrons. The Bertz CT molecular complexity index is 808. The van der Waals surface area contributed by atoms with Crippen molar-refractivity contribution in [2.45, 2.75) is 46.2 Å². The van der Waals surface area contributed by atoms with Gasteiger partial charge in [-0.25, -0.2) is 0 Å². The van der Waals surface area contributed by atoms with Crippen LogP contribution in [0.25, 0.3) is 0 Å². The highest BCUT2D eigenvalue weighted by Crippen LogP contribution is 2.16. The van der Waals surface area contributed by atoms with E-state index in [0.717, 1.165) is 18.4 Å². The van der Waals surface area contributed by atoms with Gasteiger partial charge < -0.3 is 15.0 Å². The van der Waals surface area contributed by atoms with Crippen molar-refractivity contribution in [2.24, 2.45) is 0 Å². The predicted molar refractivity (Wildman–Crippen MR) is 116 cm³/mol. The molecule has 2 rings (SSSR count). The standard InChI is InChI=1S/C23H29ClN2O3/c1-4-13-25-23(28)17(3)26(15-19-7-6-8-20(24)14-19)22(27)16-29-21-11-9-18(5-2)10-12-21/h6-12,14,17H,4-5,13,15-16H2,1-3H3,(H,25,28). The maximum Gasteiger partial charge on any atom is 0.261 e. The maximum atomic E-state index is 12.9. The number of halogens is 1. The molecule has 6 heteroatoms. The second-order valence-corrected chi connectivity index (χ2v) is 7.34. The molecule has 1 atom stereocenters. The van der Waals surface area contributed by atoms with Crippen LogP contribution in [-0.2, 0) is 22.6 Å². The molecule has 0 aliphatic rings. The van der Waals surface area contributed by atoms with E-state index in [1.54, 1.807) is 19.1 Å². The summed E-state index contributed by atoms with van der Waals surface area (Å²) < 4.78 is 5.67. The van der Waals surface area contributed by atoms with E-state index in [9.17, 15) is 9.59 Å². The number of ether oxygens (including phenoxy) is 1. The lowest BCUT2D eigenvalue weighted by Gasteiger charge is -2.28. The van der Waals surface area contributed by atoms with E-state index in [-0.39, 0.29) is 25.0 Å². The number of aryl methyl sites for hydroxylation is 1. The molecule has 0 saturated carbocycles. The van der Waals surface area contributed by atoms with Crippen LogP contribution in [0.4, 0.5) is 0 Å². The first kappa shape index (κ1) is 22.8. The number of hydrogen-bond donors (Lipinski definition) is 1. The van der Waals surface area contributed by atoms with Gasteiger partial charge in [-0.1, -0.05) is 49.7 Å². The quantitative estimate of drug-likeness (QED) is 0.630. The molecule has 29 heavy (non-hydrogen) atoms. The molecule has 0 aromatic heterocycles. The third-order valence-electron chi connectivity index (χ3n) is 4.65. The van der Waals surface area contributed by atoms with Gasteiger partial charge in [0, 0.05) is 18.1 Å². The Hall–Kier alpha value is -2.53. The van der Waals surface area contributed by atoms with Gasteiger partial charge in [0.2, 0.25) is 5.91 Å². The minimum Gasteiger partial charge on any atom is -0.484 e. The van der Waals surface area contributed by atoms with Crippen molar-refractivity contribution in [1.82, 2.24) is 10.2 Å². The summed E-state index contributed by atoms with van der Waals surface area (Å²) in [6, 6.07) is 14.3. The van der Waals surface area contributed by atoms with Gasteiger partial charge in [-0.05, 0) is 55.2 Å². The molecule has 2 amide bonds. The molecule has 0 radical (unpaired) electrons. The molecule has 0 fully saturated rings. The van der Waals surface area contributed by atoms with Gasteiger partial charge >= 0.3 is 0 Å². The fourth-order valence-electron chi connectivity index (χ4n) is 2.86. The highest BCUT2D eigenvalue weighted by atomic mass is 35.5. The molecular weight excluding hydrogens is 388 g/mol. The van der Waals surface area contributed by atoms with E-state index in [2.05, 4.69) is 12.2 Å². The Morgan fingerprint density at radius 2 is 1.83 bits per heavy atom. The molecule has 0 spiro atoms. The molecule has 2 aromatic rings. The van der Waals surface area contributed by atoms with Crippen molar-refractivity contribution in [3.8, 4) is 5.75 Å². The first-order chi connectivity index (χ1) is 13.9. The molecule has 1 unspecified atom stereocenters. The Kier molecular flexibility index (Phi) is 9.00. The van der Waals surface area contributed by atoms with Gasteiger partial charge in [0.25, 0.3) is 5.91 Å². The lowest BCUT2D eigenvalue weighted by atomic mass is 10.1. The summed E-state index contributed by atoms with van der Waals surface area (Å²) in [7, 11) is 0. The molecule has 0 aliphatic carbocycles. The van der Waals surface area contributed by atoms with Crippen LogP contribution < -0.4 is 10.1 Å². The molecule has 0 saturated heterocycles. The van der Waals surface area contributed by atoms with Gasteiger partial charge in [-0.2, -0.15) is 0 Å². The number of carbonyl (C=O) groups is 2. The largest absolute Gasteiger partial charge is 0.484 e. The number of carbonyl (C=O) groups excluding carboxylic acids is 2. The topological polar surface area (TPSA) is 58.6 Å². The van der Waals surface area contributed by atoms with Crippen LogP contribution in [-0.4, -0.2) is 35.9 Å². The molecule has 5 nitrogen and oxygen atoms in total. The molecular formula is C23H29ClN2O3. The van der Waals surface area contributed by atoms with Crippen molar-refractivity contribution < 1.29 is 14.3 Å². The van der Waals surface area contributed by atoms with Crippen LogP contribution in [0, 0.1) is 0 Å². The maximum absolute atomic E-state index is 12.9. The summed E-state index contributed by atoms with van der Waals surface area (Å²) in [6.07, 6.45) is 1.77. The second kappa shape index (κ2) is 11.5. The zero-order valence-corrected chi connectivity index (χ0v) is 18.0. The minimum absolute atomic E-state index is 0.141. The molecule has 0 bridgehead atoms. The number of nitrogens with zero attached hydrogens (tertiary/aromatic N) is 1. The summed E-state index contributed by atoms with van der Waals surface area (Å²) in [5.41, 5.74) is 2.06. The summed E-state index contributed by atoms with van der Waals surface area (Å²) in [6.45, 7) is 6.50. The first-order valence-electron chi connectivity index (χ1n) is 9.98. The van der Waals surface area contributed by atoms with E-state index >= 15 is 0 Å². The second-order valence-electron chi connectivity index (χ2n) is 6.90. The summed E-state index contributed by atoms with van der Waals surface area (Å²) in [4.78, 5) is 26.9. The van der Waals surface area contributed by atoms with E-state index in [4.69, 9.17) is 16.3 Å². The predicted octanol–water partition coefficient (Wildman–Crippen LogP) is 4.22. The highest BCUT2D eigenvalue weighted by Gasteiger charge is 2.26. The third-order valence-corrected chi connectivity index (χ3v) is 4.89. The number of nitrogens with one attached hydrogen (secondary N) is 1. The zero-order chi connectivity index (χ0) is 21.2. The normalized spacial score (nSPS) is 11.6. The molecule has 1 N–H and O–H groups in total. The van der Waals surface area contributed by atoms with Crippen molar-refractivity contribution in [2.75, 3.05) is 13.2 Å². The number of rotatable bonds is 10. The van der Waals surface area contributed by atoms with Crippen LogP contribution in [0.1, 0.15) is 38.3 Å². The first-order valence-corrected chi connectivity index (χ1v) is 10.4. The molecule has 2 aromatic carbocycles. The monoisotopic (exact) mass is 416 g/mol. The Balaban J connectivity index is 2.11. The SMILES string of the molecule is CCCNC(=O)C(C)N(Cc1cccc(Cl)c1)C(=O)COc1ccc(CC)cc1. The fourth-order valence-corrected chi connectivity index (χ4v) is 3.07. The Morgan fingerprint density at radius 3 is 2.45 bits per heavy atom. The number of amides is 2. The lowest BCUT2D eigenvalue weighted by Crippen LogP contribution is -2.49. The van der Waals surface area contributed by atoms with Gasteiger partial charge in [0.05, 0.1) is 0 Å². The van der Waals surface area contributed by atoms with Gasteiger partial charge in [-0.3, -0.25) is 9.59 Å². The fraction of sp³-hybridized carbons (Fsp3) is 0.391. The Morgan fingerprint density at radius 1 is 1.10 bits per heavy atom. The van der Waals surface area contributed by atoms with Gasteiger partial charge in [-0.15, -0.1) is 0 Å². The lowest BCUT2D eigenvalue weighted by molar-refractivity contribution is -0.142. The Labute approximate surface area is 178 Å². The minimum atomic E-state index is -0.626. The van der Waals surface area contributed by atoms with Crippen LogP contribution in [0.5, 0.6) is 5.75 Å². The number of hydrogen-bond acceptors (Lipinski definition) is 3. The molecule has 0 heterocycles. The summed E-state index contributed by atoms with van der Waals surface area (Å²) in [5, 5.41) is 3.44. The van der Waals surface area contributed by atoms with Crippen molar-refractivity contribution in [3.63, 3.8) is 0 Å². The van der Waals surface area contributed by atoms with Crippen molar-refractivity contribution >= 4 is 23.4 Å². The summed E-state index contributed by atoms with van der Waals surface area (Å²) >= 11 is 6.08.